The van der Waals surface area contributed by atoms with E-state index >= 15 is 0 Å². The summed E-state index contributed by atoms with van der Waals surface area (Å²) in [5.74, 6) is -4.17. The molecule has 1 aromatic heterocycles. The molecule has 0 aliphatic rings. The molecule has 1 heterocycles. The molecule has 0 aliphatic heterocycles. The Balaban J connectivity index is 0.000000180. The van der Waals surface area contributed by atoms with Gasteiger partial charge < -0.3 is 14.8 Å². The number of benzene rings is 3. The third-order valence-corrected chi connectivity index (χ3v) is 4.58. The normalized spacial score (nSPS) is 10.3. The molecule has 0 unspecified atom stereocenters. The van der Waals surface area contributed by atoms with Gasteiger partial charge in [-0.25, -0.2) is 14.0 Å². The lowest BCUT2D eigenvalue weighted by atomic mass is 10.1. The largest absolute Gasteiger partial charge is 0.478 e. The van der Waals surface area contributed by atoms with E-state index in [-0.39, 0.29) is 0 Å². The van der Waals surface area contributed by atoms with Crippen LogP contribution in [0.25, 0.3) is 16.6 Å². The molecule has 0 aliphatic carbocycles. The molecule has 0 bridgehead atoms. The summed E-state index contributed by atoms with van der Waals surface area (Å²) in [6, 6.07) is 20.1. The summed E-state index contributed by atoms with van der Waals surface area (Å²) in [6.45, 7) is 1.50. The average Bonchev–Trinajstić information content (AvgIpc) is 3.15. The molecule has 0 amide bonds. The van der Waals surface area contributed by atoms with E-state index < -0.39 is 28.9 Å². The van der Waals surface area contributed by atoms with Crippen molar-refractivity contribution in [2.24, 2.45) is 0 Å². The van der Waals surface area contributed by atoms with Crippen molar-refractivity contribution < 1.29 is 29.0 Å². The summed E-state index contributed by atoms with van der Waals surface area (Å²) >= 11 is 0. The van der Waals surface area contributed by atoms with Crippen molar-refractivity contribution in [3.8, 4) is 5.69 Å². The van der Waals surface area contributed by atoms with Crippen LogP contribution in [0.2, 0.25) is 0 Å². The van der Waals surface area contributed by atoms with Gasteiger partial charge in [-0.2, -0.15) is 0 Å². The lowest BCUT2D eigenvalue weighted by Crippen LogP contribution is -2.08. The van der Waals surface area contributed by atoms with E-state index in [0.29, 0.717) is 5.56 Å². The number of carbonyl (C=O) groups excluding carboxylic acids is 1. The van der Waals surface area contributed by atoms with E-state index in [4.69, 9.17) is 10.2 Å². The van der Waals surface area contributed by atoms with Crippen LogP contribution < -0.4 is 0 Å². The van der Waals surface area contributed by atoms with Crippen LogP contribution in [0, 0.1) is 12.7 Å². The van der Waals surface area contributed by atoms with Gasteiger partial charge in [0.15, 0.2) is 12.1 Å². The number of aromatic nitrogens is 1. The number of para-hydroxylation sites is 2. The third-order valence-electron chi connectivity index (χ3n) is 4.58. The van der Waals surface area contributed by atoms with Crippen LogP contribution in [-0.4, -0.2) is 33.0 Å². The molecule has 0 saturated heterocycles. The Kier molecular flexibility index (Phi) is 6.26. The van der Waals surface area contributed by atoms with E-state index in [0.717, 1.165) is 40.6 Å². The fourth-order valence-corrected chi connectivity index (χ4v) is 3.18. The van der Waals surface area contributed by atoms with Gasteiger partial charge in [0.1, 0.15) is 0 Å². The Morgan fingerprint density at radius 2 is 1.45 bits per heavy atom. The number of carbonyl (C=O) groups is 3. The first-order valence-corrected chi connectivity index (χ1v) is 9.21. The number of rotatable bonds is 4. The number of aromatic carboxylic acids is 2. The summed E-state index contributed by atoms with van der Waals surface area (Å²) in [6.07, 6.45) is 2.79. The molecule has 2 N–H and O–H groups in total. The molecule has 0 atom stereocenters. The van der Waals surface area contributed by atoms with Crippen molar-refractivity contribution in [1.29, 1.82) is 0 Å². The highest BCUT2D eigenvalue weighted by Gasteiger charge is 2.19. The molecule has 3 aromatic carbocycles. The predicted octanol–water partition coefficient (Wildman–Crippen LogP) is 4.97. The quantitative estimate of drug-likeness (QED) is 0.455. The Labute approximate surface area is 176 Å². The van der Waals surface area contributed by atoms with Crippen LogP contribution in [0.5, 0.6) is 0 Å². The smallest absolute Gasteiger partial charge is 0.338 e. The Morgan fingerprint density at radius 3 is 2.00 bits per heavy atom. The Bertz CT molecular complexity index is 1240. The second-order valence-electron chi connectivity index (χ2n) is 6.71. The van der Waals surface area contributed by atoms with E-state index in [1.807, 2.05) is 65.4 Å². The van der Waals surface area contributed by atoms with Crippen molar-refractivity contribution in [3.05, 3.63) is 101 Å². The minimum atomic E-state index is -1.48. The van der Waals surface area contributed by atoms with Gasteiger partial charge in [-0.15, -0.1) is 0 Å². The van der Waals surface area contributed by atoms with Gasteiger partial charge in [0.25, 0.3) is 0 Å². The van der Waals surface area contributed by atoms with Crippen molar-refractivity contribution >= 4 is 29.1 Å². The Hall–Kier alpha value is -4.26. The van der Waals surface area contributed by atoms with Crippen LogP contribution in [0.3, 0.4) is 0 Å². The number of carboxylic acid groups (broad SMARTS) is 2. The van der Waals surface area contributed by atoms with Crippen LogP contribution in [0.4, 0.5) is 4.39 Å². The van der Waals surface area contributed by atoms with E-state index in [1.165, 1.54) is 6.92 Å². The van der Waals surface area contributed by atoms with Crippen LogP contribution in [0.15, 0.2) is 72.9 Å². The number of halogens is 1. The van der Waals surface area contributed by atoms with Gasteiger partial charge >= 0.3 is 11.9 Å². The molecule has 7 heteroatoms. The molecule has 4 rings (SSSR count). The standard InChI is InChI=1S/C15H11NO.C9H7FO4/c17-11-12-10-16(13-6-2-1-3-7-13)15-9-5-4-8-14(12)15;1-4-2-5(8(11)12)7(10)6(3-4)9(13)14/h1-11H;2-3H,1H3,(H,11,12)(H,13,14). The average molecular weight is 419 g/mol. The van der Waals surface area contributed by atoms with Crippen molar-refractivity contribution in [1.82, 2.24) is 4.57 Å². The summed E-state index contributed by atoms with van der Waals surface area (Å²) < 4.78 is 15.2. The Morgan fingerprint density at radius 1 is 0.903 bits per heavy atom. The van der Waals surface area contributed by atoms with Crippen molar-refractivity contribution in [3.63, 3.8) is 0 Å². The SMILES string of the molecule is Cc1cc(C(=O)O)c(F)c(C(=O)O)c1.O=Cc1cn(-c2ccccc2)c2ccccc12. The zero-order chi connectivity index (χ0) is 22.5. The first-order valence-electron chi connectivity index (χ1n) is 9.21. The number of carboxylic acids is 2. The molecule has 31 heavy (non-hydrogen) atoms. The molecule has 156 valence electrons. The first-order chi connectivity index (χ1) is 14.8. The number of fused-ring (bicyclic) bond motifs is 1. The first kappa shape index (κ1) is 21.4. The zero-order valence-electron chi connectivity index (χ0n) is 16.4. The minimum absolute atomic E-state index is 0.390. The molecular weight excluding hydrogens is 401 g/mol. The van der Waals surface area contributed by atoms with Gasteiger partial charge in [0.2, 0.25) is 0 Å². The number of nitrogens with zero attached hydrogens (tertiary/aromatic N) is 1. The maximum atomic E-state index is 13.2. The van der Waals surface area contributed by atoms with Crippen LogP contribution in [-0.2, 0) is 0 Å². The zero-order valence-corrected chi connectivity index (χ0v) is 16.4. The number of hydrogen-bond acceptors (Lipinski definition) is 3. The summed E-state index contributed by atoms with van der Waals surface area (Å²) in [4.78, 5) is 32.1. The molecule has 0 spiro atoms. The third kappa shape index (κ3) is 4.51. The second-order valence-corrected chi connectivity index (χ2v) is 6.71. The van der Waals surface area contributed by atoms with Gasteiger partial charge in [-0.3, -0.25) is 4.79 Å². The summed E-state index contributed by atoms with van der Waals surface area (Å²) in [5, 5.41) is 18.1. The predicted molar refractivity (Wildman–Crippen MR) is 114 cm³/mol. The highest BCUT2D eigenvalue weighted by molar-refractivity contribution is 5.98. The highest BCUT2D eigenvalue weighted by Crippen LogP contribution is 2.23. The molecule has 6 nitrogen and oxygen atoms in total. The monoisotopic (exact) mass is 419 g/mol. The van der Waals surface area contributed by atoms with Crippen LogP contribution in [0.1, 0.15) is 36.6 Å². The lowest BCUT2D eigenvalue weighted by molar-refractivity contribution is 0.0687. The number of hydrogen-bond donors (Lipinski definition) is 2. The summed E-state index contributed by atoms with van der Waals surface area (Å²) in [5.41, 5.74) is 1.99. The molecule has 4 aromatic rings. The van der Waals surface area contributed by atoms with Gasteiger partial charge in [-0.05, 0) is 42.8 Å². The topological polar surface area (TPSA) is 96.6 Å². The minimum Gasteiger partial charge on any atom is -0.478 e. The highest BCUT2D eigenvalue weighted by atomic mass is 19.1. The lowest BCUT2D eigenvalue weighted by Gasteiger charge is -2.04. The molecular formula is C24H18FNO5. The molecule has 0 saturated carbocycles. The maximum absolute atomic E-state index is 13.2. The fraction of sp³-hybridized carbons (Fsp3) is 0.0417. The van der Waals surface area contributed by atoms with Gasteiger partial charge in [0, 0.05) is 22.8 Å². The molecule has 0 fully saturated rings. The van der Waals surface area contributed by atoms with Crippen LogP contribution >= 0.6 is 0 Å². The van der Waals surface area contributed by atoms with Gasteiger partial charge in [-0.1, -0.05) is 36.4 Å². The fourth-order valence-electron chi connectivity index (χ4n) is 3.18. The van der Waals surface area contributed by atoms with Crippen molar-refractivity contribution in [2.75, 3.05) is 0 Å². The number of aldehydes is 1. The number of aryl methyl sites for hydroxylation is 1. The van der Waals surface area contributed by atoms with E-state index in [1.54, 1.807) is 0 Å². The molecule has 0 radical (unpaired) electrons. The van der Waals surface area contributed by atoms with Crippen molar-refractivity contribution in [2.45, 2.75) is 6.92 Å². The second kappa shape index (κ2) is 9.04. The van der Waals surface area contributed by atoms with Gasteiger partial charge in [0.05, 0.1) is 16.6 Å². The van der Waals surface area contributed by atoms with E-state index in [9.17, 15) is 18.8 Å². The maximum Gasteiger partial charge on any atom is 0.338 e. The summed E-state index contributed by atoms with van der Waals surface area (Å²) in [7, 11) is 0. The van der Waals surface area contributed by atoms with E-state index in [2.05, 4.69) is 0 Å².